The van der Waals surface area contributed by atoms with E-state index >= 15 is 0 Å². The lowest BCUT2D eigenvalue weighted by atomic mass is 10.1. The van der Waals surface area contributed by atoms with Gasteiger partial charge in [0.1, 0.15) is 0 Å². The number of aromatic nitrogens is 1. The molecule has 1 aliphatic heterocycles. The molecule has 0 atom stereocenters. The average Bonchev–Trinajstić information content (AvgIpc) is 3.21. The summed E-state index contributed by atoms with van der Waals surface area (Å²) in [5, 5.41) is 1.17. The number of nitrogens with zero attached hydrogens (tertiary/aromatic N) is 1. The lowest BCUT2D eigenvalue weighted by Crippen LogP contribution is -1.97. The van der Waals surface area contributed by atoms with E-state index in [2.05, 4.69) is 59.3 Å². The van der Waals surface area contributed by atoms with Crippen LogP contribution >= 0.6 is 11.8 Å². The molecule has 4 aromatic rings. The predicted molar refractivity (Wildman–Crippen MR) is 112 cm³/mol. The fourth-order valence-corrected chi connectivity index (χ4v) is 4.62. The van der Waals surface area contributed by atoms with E-state index in [1.165, 1.54) is 16.5 Å². The zero-order valence-corrected chi connectivity index (χ0v) is 15.4. The van der Waals surface area contributed by atoms with Crippen molar-refractivity contribution in [2.75, 3.05) is 0 Å². The number of Topliss-reactive ketones (excluding diaryl/α,β-unsaturated/α-hetero) is 1. The Balaban J connectivity index is 1.58. The Kier molecular flexibility index (Phi) is 3.95. The van der Waals surface area contributed by atoms with Gasteiger partial charge in [-0.1, -0.05) is 72.4 Å². The Morgan fingerprint density at radius 1 is 0.852 bits per heavy atom. The summed E-state index contributed by atoms with van der Waals surface area (Å²) in [6.45, 7) is 0.811. The van der Waals surface area contributed by atoms with Crippen LogP contribution in [0.1, 0.15) is 21.5 Å². The molecule has 2 nitrogen and oxygen atoms in total. The molecule has 0 radical (unpaired) electrons. The SMILES string of the molecule is O=C1/C(=C/c2cn(Cc3ccccc3)c3ccccc23)Sc2ccccc21. The van der Waals surface area contributed by atoms with Crippen LogP contribution in [0.3, 0.4) is 0 Å². The summed E-state index contributed by atoms with van der Waals surface area (Å²) >= 11 is 1.56. The number of hydrogen-bond donors (Lipinski definition) is 0. The standard InChI is InChI=1S/C24H17NOS/c26-24-20-11-5-7-13-22(20)27-23(24)14-18-16-25(15-17-8-2-1-3-9-17)21-12-6-4-10-19(18)21/h1-14,16H,15H2/b23-14-. The molecule has 1 aromatic heterocycles. The lowest BCUT2D eigenvalue weighted by Gasteiger charge is -2.05. The second-order valence-corrected chi connectivity index (χ2v) is 7.73. The quantitative estimate of drug-likeness (QED) is 0.413. The van der Waals surface area contributed by atoms with E-state index in [9.17, 15) is 4.79 Å². The molecule has 0 unspecified atom stereocenters. The minimum Gasteiger partial charge on any atom is -0.342 e. The van der Waals surface area contributed by atoms with Gasteiger partial charge >= 0.3 is 0 Å². The second-order valence-electron chi connectivity index (χ2n) is 6.65. The van der Waals surface area contributed by atoms with Crippen molar-refractivity contribution in [3.63, 3.8) is 0 Å². The van der Waals surface area contributed by atoms with Gasteiger partial charge in [-0.05, 0) is 29.8 Å². The minimum absolute atomic E-state index is 0.121. The highest BCUT2D eigenvalue weighted by atomic mass is 32.2. The molecule has 0 bridgehead atoms. The summed E-state index contributed by atoms with van der Waals surface area (Å²) in [4.78, 5) is 14.6. The van der Waals surface area contributed by atoms with Gasteiger partial charge in [0.05, 0.1) is 4.91 Å². The second kappa shape index (κ2) is 6.60. The lowest BCUT2D eigenvalue weighted by molar-refractivity contribution is 0.104. The van der Waals surface area contributed by atoms with E-state index in [1.54, 1.807) is 11.8 Å². The molecule has 0 N–H and O–H groups in total. The third-order valence-electron chi connectivity index (χ3n) is 4.88. The van der Waals surface area contributed by atoms with Crippen molar-refractivity contribution in [3.05, 3.63) is 107 Å². The molecule has 0 fully saturated rings. The highest BCUT2D eigenvalue weighted by Crippen LogP contribution is 2.41. The highest BCUT2D eigenvalue weighted by molar-refractivity contribution is 8.04. The van der Waals surface area contributed by atoms with Gasteiger partial charge < -0.3 is 4.57 Å². The number of ketones is 1. The number of benzene rings is 3. The molecule has 130 valence electrons. The monoisotopic (exact) mass is 367 g/mol. The zero-order chi connectivity index (χ0) is 18.2. The van der Waals surface area contributed by atoms with E-state index in [0.29, 0.717) is 0 Å². The van der Waals surface area contributed by atoms with Crippen LogP contribution in [0.2, 0.25) is 0 Å². The van der Waals surface area contributed by atoms with Crippen LogP contribution in [0.25, 0.3) is 17.0 Å². The molecule has 0 aliphatic carbocycles. The molecular weight excluding hydrogens is 350 g/mol. The first kappa shape index (κ1) is 16.2. The summed E-state index contributed by atoms with van der Waals surface area (Å²) in [5.41, 5.74) is 4.34. The van der Waals surface area contributed by atoms with Crippen molar-refractivity contribution < 1.29 is 4.79 Å². The minimum atomic E-state index is 0.121. The van der Waals surface area contributed by atoms with Crippen LogP contribution in [0.4, 0.5) is 0 Å². The largest absolute Gasteiger partial charge is 0.342 e. The molecule has 1 aliphatic rings. The van der Waals surface area contributed by atoms with Crippen LogP contribution in [0.15, 0.2) is 94.9 Å². The number of hydrogen-bond acceptors (Lipinski definition) is 2. The van der Waals surface area contributed by atoms with Gasteiger partial charge in [-0.2, -0.15) is 0 Å². The summed E-state index contributed by atoms with van der Waals surface area (Å²) in [6.07, 6.45) is 4.19. The molecule has 0 saturated heterocycles. The van der Waals surface area contributed by atoms with Gasteiger partial charge in [0.15, 0.2) is 0 Å². The summed E-state index contributed by atoms with van der Waals surface area (Å²) < 4.78 is 2.26. The summed E-state index contributed by atoms with van der Waals surface area (Å²) in [7, 11) is 0. The molecule has 0 spiro atoms. The number of carbonyl (C=O) groups is 1. The maximum Gasteiger partial charge on any atom is 0.200 e. The number of para-hydroxylation sites is 1. The first-order chi connectivity index (χ1) is 13.3. The number of carbonyl (C=O) groups excluding carboxylic acids is 1. The molecule has 3 heteroatoms. The van der Waals surface area contributed by atoms with Crippen molar-refractivity contribution in [2.45, 2.75) is 11.4 Å². The van der Waals surface area contributed by atoms with E-state index in [1.807, 2.05) is 36.4 Å². The average molecular weight is 367 g/mol. The van der Waals surface area contributed by atoms with Crippen LogP contribution in [-0.4, -0.2) is 10.4 Å². The fourth-order valence-electron chi connectivity index (χ4n) is 3.58. The fraction of sp³-hybridized carbons (Fsp3) is 0.0417. The van der Waals surface area contributed by atoms with Crippen molar-refractivity contribution in [1.82, 2.24) is 4.57 Å². The Morgan fingerprint density at radius 3 is 2.44 bits per heavy atom. The van der Waals surface area contributed by atoms with Crippen LogP contribution in [0.5, 0.6) is 0 Å². The van der Waals surface area contributed by atoms with Crippen molar-refractivity contribution in [2.24, 2.45) is 0 Å². The Bertz CT molecular complexity index is 1190. The molecular formula is C24H17NOS. The highest BCUT2D eigenvalue weighted by Gasteiger charge is 2.25. The molecule has 0 amide bonds. The van der Waals surface area contributed by atoms with Crippen LogP contribution in [-0.2, 0) is 6.54 Å². The molecule has 3 aromatic carbocycles. The van der Waals surface area contributed by atoms with Gasteiger partial charge in [-0.25, -0.2) is 0 Å². The first-order valence-electron chi connectivity index (χ1n) is 8.95. The van der Waals surface area contributed by atoms with Crippen LogP contribution in [0, 0.1) is 0 Å². The normalized spacial score (nSPS) is 14.8. The molecule has 2 heterocycles. The van der Waals surface area contributed by atoms with Gasteiger partial charge in [0.2, 0.25) is 5.78 Å². The number of fused-ring (bicyclic) bond motifs is 2. The third kappa shape index (κ3) is 2.90. The van der Waals surface area contributed by atoms with Crippen molar-refractivity contribution >= 4 is 34.5 Å². The van der Waals surface area contributed by atoms with Crippen LogP contribution < -0.4 is 0 Å². The Morgan fingerprint density at radius 2 is 1.59 bits per heavy atom. The maximum absolute atomic E-state index is 12.7. The van der Waals surface area contributed by atoms with Gasteiger partial charge in [-0.15, -0.1) is 0 Å². The first-order valence-corrected chi connectivity index (χ1v) is 9.76. The molecule has 0 saturated carbocycles. The predicted octanol–water partition coefficient (Wildman–Crippen LogP) is 6.02. The zero-order valence-electron chi connectivity index (χ0n) is 14.6. The smallest absolute Gasteiger partial charge is 0.200 e. The molecule has 5 rings (SSSR count). The summed E-state index contributed by atoms with van der Waals surface area (Å²) in [5.74, 6) is 0.121. The van der Waals surface area contributed by atoms with Crippen molar-refractivity contribution in [1.29, 1.82) is 0 Å². The molecule has 27 heavy (non-hydrogen) atoms. The van der Waals surface area contributed by atoms with E-state index in [0.717, 1.165) is 27.5 Å². The van der Waals surface area contributed by atoms with E-state index in [-0.39, 0.29) is 5.78 Å². The topological polar surface area (TPSA) is 22.0 Å². The number of rotatable bonds is 3. The number of allylic oxidation sites excluding steroid dienone is 1. The van der Waals surface area contributed by atoms with E-state index in [4.69, 9.17) is 0 Å². The Labute approximate surface area is 162 Å². The van der Waals surface area contributed by atoms with Gasteiger partial charge in [0, 0.05) is 39.7 Å². The number of thioether (sulfide) groups is 1. The van der Waals surface area contributed by atoms with E-state index < -0.39 is 0 Å². The third-order valence-corrected chi connectivity index (χ3v) is 5.98. The van der Waals surface area contributed by atoms with Gasteiger partial charge in [-0.3, -0.25) is 4.79 Å². The van der Waals surface area contributed by atoms with Gasteiger partial charge in [0.25, 0.3) is 0 Å². The summed E-state index contributed by atoms with van der Waals surface area (Å²) in [6, 6.07) is 26.6. The van der Waals surface area contributed by atoms with Crippen molar-refractivity contribution in [3.8, 4) is 0 Å². The maximum atomic E-state index is 12.7. The Hall–Kier alpha value is -3.04.